The van der Waals surface area contributed by atoms with E-state index in [0.717, 1.165) is 18.6 Å². The van der Waals surface area contributed by atoms with Gasteiger partial charge >= 0.3 is 0 Å². The number of rotatable bonds is 4. The molecule has 0 radical (unpaired) electrons. The second kappa shape index (κ2) is 5.35. The molecule has 0 fully saturated rings. The highest BCUT2D eigenvalue weighted by molar-refractivity contribution is 9.10. The number of halogens is 3. The fraction of sp³-hybridized carbons (Fsp3) is 0.364. The lowest BCUT2D eigenvalue weighted by Gasteiger charge is -2.04. The van der Waals surface area contributed by atoms with Gasteiger partial charge < -0.3 is 0 Å². The molecule has 0 saturated carbocycles. The lowest BCUT2D eigenvalue weighted by molar-refractivity contribution is 0.0971. The molecule has 1 aromatic rings. The molecule has 0 heterocycles. The smallest absolute Gasteiger partial charge is 0.168 e. The summed E-state index contributed by atoms with van der Waals surface area (Å²) >= 11 is 2.96. The Morgan fingerprint density at radius 2 is 1.87 bits per heavy atom. The van der Waals surface area contributed by atoms with Crippen LogP contribution in [0.25, 0.3) is 0 Å². The van der Waals surface area contributed by atoms with Gasteiger partial charge in [-0.15, -0.1) is 0 Å². The summed E-state index contributed by atoms with van der Waals surface area (Å²) in [7, 11) is 0. The number of unbranched alkanes of at least 4 members (excludes halogenated alkanes) is 1. The largest absolute Gasteiger partial charge is 0.294 e. The number of hydrogen-bond donors (Lipinski definition) is 0. The van der Waals surface area contributed by atoms with E-state index in [4.69, 9.17) is 0 Å². The van der Waals surface area contributed by atoms with Crippen LogP contribution >= 0.6 is 15.9 Å². The maximum absolute atomic E-state index is 13.3. The highest BCUT2D eigenvalue weighted by Gasteiger charge is 2.17. The number of hydrogen-bond acceptors (Lipinski definition) is 1. The van der Waals surface area contributed by atoms with E-state index < -0.39 is 23.0 Å². The maximum atomic E-state index is 13.3. The summed E-state index contributed by atoms with van der Waals surface area (Å²) in [5.41, 5.74) is -0.424. The molecule has 0 atom stereocenters. The molecule has 0 aromatic heterocycles. The zero-order valence-electron chi connectivity index (χ0n) is 8.32. The summed E-state index contributed by atoms with van der Waals surface area (Å²) in [5.74, 6) is -2.08. The Balaban J connectivity index is 2.98. The van der Waals surface area contributed by atoms with Crippen molar-refractivity contribution in [2.75, 3.05) is 0 Å². The Morgan fingerprint density at radius 1 is 1.33 bits per heavy atom. The van der Waals surface area contributed by atoms with E-state index in [2.05, 4.69) is 15.9 Å². The lowest BCUT2D eigenvalue weighted by Crippen LogP contribution is -2.05. The Bertz CT molecular complexity index is 354. The maximum Gasteiger partial charge on any atom is 0.168 e. The summed E-state index contributed by atoms with van der Waals surface area (Å²) in [5, 5.41) is 0. The van der Waals surface area contributed by atoms with Gasteiger partial charge in [0.2, 0.25) is 0 Å². The molecule has 0 saturated heterocycles. The van der Waals surface area contributed by atoms with E-state index in [-0.39, 0.29) is 6.42 Å². The zero-order chi connectivity index (χ0) is 11.4. The first kappa shape index (κ1) is 12.3. The van der Waals surface area contributed by atoms with Crippen LogP contribution < -0.4 is 0 Å². The molecule has 0 unspecified atom stereocenters. The van der Waals surface area contributed by atoms with Crippen molar-refractivity contribution < 1.29 is 13.6 Å². The average Bonchev–Trinajstić information content (AvgIpc) is 2.12. The van der Waals surface area contributed by atoms with Crippen molar-refractivity contribution in [1.82, 2.24) is 0 Å². The van der Waals surface area contributed by atoms with Gasteiger partial charge in [0.15, 0.2) is 5.78 Å². The topological polar surface area (TPSA) is 17.1 Å². The van der Waals surface area contributed by atoms with Crippen molar-refractivity contribution in [3.05, 3.63) is 33.8 Å². The van der Waals surface area contributed by atoms with Crippen LogP contribution in [0.3, 0.4) is 0 Å². The van der Waals surface area contributed by atoms with Crippen molar-refractivity contribution in [3.63, 3.8) is 0 Å². The second-order valence-electron chi connectivity index (χ2n) is 3.27. The first-order chi connectivity index (χ1) is 7.06. The van der Waals surface area contributed by atoms with Gasteiger partial charge in [-0.25, -0.2) is 8.78 Å². The minimum absolute atomic E-state index is 0.186. The minimum atomic E-state index is -0.803. The third kappa shape index (κ3) is 3.09. The highest BCUT2D eigenvalue weighted by atomic mass is 79.9. The molecule has 15 heavy (non-hydrogen) atoms. The van der Waals surface area contributed by atoms with Crippen LogP contribution in [0.2, 0.25) is 0 Å². The predicted molar refractivity (Wildman–Crippen MR) is 57.9 cm³/mol. The first-order valence-corrected chi connectivity index (χ1v) is 5.53. The summed E-state index contributed by atoms with van der Waals surface area (Å²) in [6.07, 6.45) is 1.66. The van der Waals surface area contributed by atoms with E-state index in [1.54, 1.807) is 0 Å². The molecule has 1 aromatic carbocycles. The SMILES string of the molecule is CCCCC(=O)c1c(F)cc(Br)cc1F. The fourth-order valence-electron chi connectivity index (χ4n) is 1.27. The Hall–Kier alpha value is -0.770. The van der Waals surface area contributed by atoms with E-state index in [0.29, 0.717) is 10.9 Å². The number of carbonyl (C=O) groups excluding carboxylic acids is 1. The van der Waals surface area contributed by atoms with E-state index in [9.17, 15) is 13.6 Å². The van der Waals surface area contributed by atoms with Gasteiger partial charge in [0.05, 0.1) is 5.56 Å². The van der Waals surface area contributed by atoms with Crippen LogP contribution in [0.5, 0.6) is 0 Å². The molecular weight excluding hydrogens is 266 g/mol. The summed E-state index contributed by atoms with van der Waals surface area (Å²) in [6.45, 7) is 1.92. The van der Waals surface area contributed by atoms with Crippen LogP contribution in [-0.4, -0.2) is 5.78 Å². The van der Waals surface area contributed by atoms with Crippen molar-refractivity contribution >= 4 is 21.7 Å². The lowest BCUT2D eigenvalue weighted by atomic mass is 10.0. The van der Waals surface area contributed by atoms with Gasteiger partial charge in [0, 0.05) is 10.9 Å². The van der Waals surface area contributed by atoms with Crippen LogP contribution in [0.1, 0.15) is 36.5 Å². The molecule has 0 amide bonds. The molecule has 0 N–H and O–H groups in total. The van der Waals surface area contributed by atoms with Crippen LogP contribution in [-0.2, 0) is 0 Å². The molecule has 0 aliphatic rings. The number of carbonyl (C=O) groups is 1. The van der Waals surface area contributed by atoms with Gasteiger partial charge in [0.1, 0.15) is 11.6 Å². The summed E-state index contributed by atoms with van der Waals surface area (Å²) in [4.78, 5) is 11.5. The standard InChI is InChI=1S/C11H11BrF2O/c1-2-3-4-10(15)11-8(13)5-7(12)6-9(11)14/h5-6H,2-4H2,1H3. The van der Waals surface area contributed by atoms with E-state index >= 15 is 0 Å². The number of Topliss-reactive ketones (excluding diaryl/α,β-unsaturated/α-hetero) is 1. The van der Waals surface area contributed by atoms with E-state index in [1.807, 2.05) is 6.92 Å². The highest BCUT2D eigenvalue weighted by Crippen LogP contribution is 2.21. The summed E-state index contributed by atoms with van der Waals surface area (Å²) < 4.78 is 26.9. The van der Waals surface area contributed by atoms with Crippen molar-refractivity contribution in [2.24, 2.45) is 0 Å². The fourth-order valence-corrected chi connectivity index (χ4v) is 1.67. The van der Waals surface area contributed by atoms with Gasteiger partial charge in [-0.2, -0.15) is 0 Å². The van der Waals surface area contributed by atoms with Crippen molar-refractivity contribution in [1.29, 1.82) is 0 Å². The third-order valence-electron chi connectivity index (χ3n) is 2.04. The molecule has 0 bridgehead atoms. The normalized spacial score (nSPS) is 10.4. The zero-order valence-corrected chi connectivity index (χ0v) is 9.90. The molecular formula is C11H11BrF2O. The van der Waals surface area contributed by atoms with Gasteiger partial charge in [-0.1, -0.05) is 29.3 Å². The number of ketones is 1. The molecule has 1 nitrogen and oxygen atoms in total. The molecule has 82 valence electrons. The minimum Gasteiger partial charge on any atom is -0.294 e. The van der Waals surface area contributed by atoms with Crippen LogP contribution in [0, 0.1) is 11.6 Å². The van der Waals surface area contributed by atoms with Crippen LogP contribution in [0.4, 0.5) is 8.78 Å². The summed E-state index contributed by atoms with van der Waals surface area (Å²) in [6, 6.07) is 2.20. The van der Waals surface area contributed by atoms with Crippen molar-refractivity contribution in [2.45, 2.75) is 26.2 Å². The second-order valence-corrected chi connectivity index (χ2v) is 4.19. The molecule has 0 aliphatic heterocycles. The van der Waals surface area contributed by atoms with Crippen molar-refractivity contribution in [3.8, 4) is 0 Å². The van der Waals surface area contributed by atoms with E-state index in [1.165, 1.54) is 0 Å². The van der Waals surface area contributed by atoms with Gasteiger partial charge in [-0.05, 0) is 18.6 Å². The average molecular weight is 277 g/mol. The van der Waals surface area contributed by atoms with Crippen LogP contribution in [0.15, 0.2) is 16.6 Å². The molecule has 0 spiro atoms. The van der Waals surface area contributed by atoms with Gasteiger partial charge in [-0.3, -0.25) is 4.79 Å². The molecule has 0 aliphatic carbocycles. The quantitative estimate of drug-likeness (QED) is 0.757. The molecule has 4 heteroatoms. The first-order valence-electron chi connectivity index (χ1n) is 4.74. The molecule has 1 rings (SSSR count). The Kier molecular flexibility index (Phi) is 4.39. The number of benzene rings is 1. The predicted octanol–water partition coefficient (Wildman–Crippen LogP) is 4.10. The Morgan fingerprint density at radius 3 is 2.33 bits per heavy atom. The third-order valence-corrected chi connectivity index (χ3v) is 2.50. The van der Waals surface area contributed by atoms with Gasteiger partial charge in [0.25, 0.3) is 0 Å². The Labute approximate surface area is 95.6 Å². The monoisotopic (exact) mass is 276 g/mol.